The summed E-state index contributed by atoms with van der Waals surface area (Å²) in [4.78, 5) is 19.5. The number of anilines is 1. The van der Waals surface area contributed by atoms with Gasteiger partial charge in [0.1, 0.15) is 17.3 Å². The zero-order valence-electron chi connectivity index (χ0n) is 23.2. The number of carbonyl (C=O) groups is 1. The molecular weight excluding hydrogens is 577 g/mol. The van der Waals surface area contributed by atoms with E-state index in [0.717, 1.165) is 53.7 Å². The number of fused-ring (bicyclic) bond motifs is 3. The van der Waals surface area contributed by atoms with Crippen LogP contribution in [0.15, 0.2) is 53.1 Å². The van der Waals surface area contributed by atoms with Crippen LogP contribution in [0.25, 0.3) is 22.2 Å². The number of rotatable bonds is 8. The molecule has 10 heteroatoms. The van der Waals surface area contributed by atoms with E-state index in [4.69, 9.17) is 46.9 Å². The van der Waals surface area contributed by atoms with Gasteiger partial charge in [-0.05, 0) is 75.1 Å². The van der Waals surface area contributed by atoms with Crippen molar-refractivity contribution in [2.24, 2.45) is 0 Å². The normalized spacial score (nSPS) is 22.0. The van der Waals surface area contributed by atoms with Gasteiger partial charge >= 0.3 is 5.97 Å². The number of piperidine rings is 1. The highest BCUT2D eigenvalue weighted by Crippen LogP contribution is 2.46. The van der Waals surface area contributed by atoms with Crippen molar-refractivity contribution in [3.63, 3.8) is 0 Å². The van der Waals surface area contributed by atoms with Crippen molar-refractivity contribution in [1.29, 1.82) is 0 Å². The van der Waals surface area contributed by atoms with Crippen molar-refractivity contribution in [2.45, 2.75) is 63.3 Å². The summed E-state index contributed by atoms with van der Waals surface area (Å²) >= 11 is 13.1. The molecule has 42 heavy (non-hydrogen) atoms. The number of hydrogen-bond acceptors (Lipinski definition) is 8. The third-order valence-electron chi connectivity index (χ3n) is 8.36. The molecule has 7 rings (SSSR count). The zero-order chi connectivity index (χ0) is 28.8. The number of aromatic nitrogens is 2. The molecule has 218 valence electrons. The number of carbonyl (C=O) groups excluding carboxylic acids is 1. The lowest BCUT2D eigenvalue weighted by atomic mass is 9.91. The van der Waals surface area contributed by atoms with Gasteiger partial charge in [0.25, 0.3) is 0 Å². The predicted octanol–water partition coefficient (Wildman–Crippen LogP) is 7.20. The fraction of sp³-hybridized carbons (Fsp3) is 0.406. The molecule has 2 bridgehead atoms. The van der Waals surface area contributed by atoms with Crippen LogP contribution in [-0.4, -0.2) is 54.1 Å². The molecule has 2 aliphatic heterocycles. The Labute approximate surface area is 253 Å². The molecule has 2 saturated heterocycles. The van der Waals surface area contributed by atoms with Crippen molar-refractivity contribution >= 4 is 45.9 Å². The average molecular weight is 609 g/mol. The molecule has 0 radical (unpaired) electrons. The van der Waals surface area contributed by atoms with Gasteiger partial charge in [0, 0.05) is 22.4 Å². The van der Waals surface area contributed by atoms with Gasteiger partial charge in [-0.25, -0.2) is 9.78 Å². The maximum atomic E-state index is 12.2. The van der Waals surface area contributed by atoms with Crippen LogP contribution in [0.2, 0.25) is 10.0 Å². The quantitative estimate of drug-likeness (QED) is 0.194. The smallest absolute Gasteiger partial charge is 0.338 e. The first-order chi connectivity index (χ1) is 20.5. The third kappa shape index (κ3) is 5.26. The largest absolute Gasteiger partial charge is 0.462 e. The topological polar surface area (TPSA) is 86.9 Å². The summed E-state index contributed by atoms with van der Waals surface area (Å²) in [5.74, 6) is 1.84. The van der Waals surface area contributed by atoms with E-state index in [1.165, 1.54) is 0 Å². The second-order valence-corrected chi connectivity index (χ2v) is 12.0. The molecular formula is C32H31Cl2N3O5. The monoisotopic (exact) mass is 607 g/mol. The maximum absolute atomic E-state index is 12.2. The molecule has 3 aliphatic rings. The van der Waals surface area contributed by atoms with Crippen molar-refractivity contribution in [3.05, 3.63) is 75.5 Å². The van der Waals surface area contributed by atoms with Crippen LogP contribution in [0, 0.1) is 0 Å². The minimum atomic E-state index is -0.324. The van der Waals surface area contributed by atoms with Gasteiger partial charge in [0.15, 0.2) is 0 Å². The SMILES string of the molecule is CCOC(=O)c1ccc2nc(N3C4COCC3CC(OCc3c(-c5c(Cl)cccc5Cl)noc3C3CC3)C4)ccc2c1. The Kier molecular flexibility index (Phi) is 7.56. The summed E-state index contributed by atoms with van der Waals surface area (Å²) in [5.41, 5.74) is 3.66. The lowest BCUT2D eigenvalue weighted by Gasteiger charge is -2.49. The van der Waals surface area contributed by atoms with Gasteiger partial charge in [0.2, 0.25) is 0 Å². The Balaban J connectivity index is 1.09. The van der Waals surface area contributed by atoms with Crippen LogP contribution < -0.4 is 4.90 Å². The molecule has 2 atom stereocenters. The maximum Gasteiger partial charge on any atom is 0.338 e. The first-order valence-electron chi connectivity index (χ1n) is 14.5. The third-order valence-corrected chi connectivity index (χ3v) is 8.99. The number of halogens is 2. The molecule has 0 spiro atoms. The molecule has 0 amide bonds. The van der Waals surface area contributed by atoms with E-state index in [-0.39, 0.29) is 24.2 Å². The van der Waals surface area contributed by atoms with Crippen LogP contribution in [0.1, 0.15) is 60.2 Å². The molecule has 2 aromatic heterocycles. The molecule has 8 nitrogen and oxygen atoms in total. The summed E-state index contributed by atoms with van der Waals surface area (Å²) < 4.78 is 23.6. The molecule has 1 saturated carbocycles. The number of esters is 1. The Morgan fingerprint density at radius 1 is 1.05 bits per heavy atom. The molecule has 4 aromatic rings. The molecule has 2 aromatic carbocycles. The summed E-state index contributed by atoms with van der Waals surface area (Å²) in [6.07, 6.45) is 3.83. The highest BCUT2D eigenvalue weighted by atomic mass is 35.5. The number of benzene rings is 2. The van der Waals surface area contributed by atoms with Crippen LogP contribution >= 0.6 is 23.2 Å². The summed E-state index contributed by atoms with van der Waals surface area (Å²) in [5, 5.41) is 6.39. The molecule has 3 fully saturated rings. The summed E-state index contributed by atoms with van der Waals surface area (Å²) in [6, 6.07) is 15.3. The predicted molar refractivity (Wildman–Crippen MR) is 160 cm³/mol. The van der Waals surface area contributed by atoms with Crippen molar-refractivity contribution < 1.29 is 23.5 Å². The summed E-state index contributed by atoms with van der Waals surface area (Å²) in [7, 11) is 0. The van der Waals surface area contributed by atoms with E-state index in [2.05, 4.69) is 10.1 Å². The highest BCUT2D eigenvalue weighted by Gasteiger charge is 2.41. The summed E-state index contributed by atoms with van der Waals surface area (Å²) in [6.45, 7) is 3.75. The first-order valence-corrected chi connectivity index (χ1v) is 15.2. The molecule has 4 heterocycles. The fourth-order valence-electron chi connectivity index (χ4n) is 6.22. The molecule has 1 aliphatic carbocycles. The van der Waals surface area contributed by atoms with E-state index >= 15 is 0 Å². The number of pyridine rings is 1. The van der Waals surface area contributed by atoms with Gasteiger partial charge in [-0.2, -0.15) is 0 Å². The average Bonchev–Trinajstić information content (AvgIpc) is 3.75. The van der Waals surface area contributed by atoms with E-state index in [9.17, 15) is 4.79 Å². The van der Waals surface area contributed by atoms with Crippen molar-refractivity contribution in [3.8, 4) is 11.3 Å². The van der Waals surface area contributed by atoms with E-state index in [0.29, 0.717) is 59.2 Å². The van der Waals surface area contributed by atoms with Gasteiger partial charge in [-0.15, -0.1) is 0 Å². The van der Waals surface area contributed by atoms with Crippen LogP contribution in [0.5, 0.6) is 0 Å². The Bertz CT molecular complexity index is 1600. The lowest BCUT2D eigenvalue weighted by molar-refractivity contribution is -0.0397. The minimum Gasteiger partial charge on any atom is -0.462 e. The Hall–Kier alpha value is -3.17. The Morgan fingerprint density at radius 3 is 2.52 bits per heavy atom. The van der Waals surface area contributed by atoms with Crippen LogP contribution in [0.4, 0.5) is 5.82 Å². The van der Waals surface area contributed by atoms with Gasteiger partial charge in [-0.1, -0.05) is 34.4 Å². The molecule has 0 N–H and O–H groups in total. The second kappa shape index (κ2) is 11.5. The highest BCUT2D eigenvalue weighted by molar-refractivity contribution is 6.39. The standard InChI is InChI=1S/C32H31Cl2N3O5/c1-2-40-32(38)20-8-10-27-19(12-20)9-11-28(35-27)37-21-13-23(14-22(37)16-39-15-21)41-17-24-30(36-42-31(24)18-6-7-18)29-25(33)4-3-5-26(29)34/h3-5,8-12,18,21-23H,2,6-7,13-17H2,1H3. The Morgan fingerprint density at radius 2 is 1.81 bits per heavy atom. The van der Waals surface area contributed by atoms with Crippen molar-refractivity contribution in [2.75, 3.05) is 24.7 Å². The second-order valence-electron chi connectivity index (χ2n) is 11.2. The molecule has 2 unspecified atom stereocenters. The zero-order valence-corrected chi connectivity index (χ0v) is 24.7. The lowest BCUT2D eigenvalue weighted by Crippen LogP contribution is -2.59. The fourth-order valence-corrected chi connectivity index (χ4v) is 6.80. The van der Waals surface area contributed by atoms with E-state index in [1.807, 2.05) is 42.5 Å². The first kappa shape index (κ1) is 27.7. The number of morpholine rings is 1. The van der Waals surface area contributed by atoms with Crippen molar-refractivity contribution in [1.82, 2.24) is 10.1 Å². The van der Waals surface area contributed by atoms with Crippen LogP contribution in [-0.2, 0) is 20.8 Å². The number of hydrogen-bond donors (Lipinski definition) is 0. The number of nitrogens with zero attached hydrogens (tertiary/aromatic N) is 3. The van der Waals surface area contributed by atoms with E-state index < -0.39 is 0 Å². The van der Waals surface area contributed by atoms with Gasteiger partial charge in [-0.3, -0.25) is 0 Å². The van der Waals surface area contributed by atoms with Crippen LogP contribution in [0.3, 0.4) is 0 Å². The minimum absolute atomic E-state index is 0.0456. The van der Waals surface area contributed by atoms with Gasteiger partial charge < -0.3 is 23.6 Å². The van der Waals surface area contributed by atoms with Gasteiger partial charge in [0.05, 0.1) is 65.7 Å². The number of ether oxygens (including phenoxy) is 3. The van der Waals surface area contributed by atoms with E-state index in [1.54, 1.807) is 13.0 Å².